The van der Waals surface area contributed by atoms with E-state index < -0.39 is 0 Å². The van der Waals surface area contributed by atoms with E-state index in [1.165, 1.54) is 51.5 Å². The van der Waals surface area contributed by atoms with Crippen LogP contribution < -0.4 is 10.6 Å². The van der Waals surface area contributed by atoms with Crippen molar-refractivity contribution in [1.29, 1.82) is 0 Å². The molecule has 1 aromatic heterocycles. The number of piperidine rings is 1. The van der Waals surface area contributed by atoms with E-state index in [4.69, 9.17) is 4.52 Å². The van der Waals surface area contributed by atoms with E-state index in [0.717, 1.165) is 25.1 Å². The molecule has 25 heavy (non-hydrogen) atoms. The maximum Gasteiger partial charge on any atom is 0.223 e. The van der Waals surface area contributed by atoms with Crippen LogP contribution in [-0.2, 0) is 6.54 Å². The first kappa shape index (κ1) is 18.2. The lowest BCUT2D eigenvalue weighted by molar-refractivity contribution is 0.115. The second-order valence-corrected chi connectivity index (χ2v) is 7.20. The number of aromatic nitrogens is 2. The van der Waals surface area contributed by atoms with Gasteiger partial charge in [0.05, 0.1) is 0 Å². The molecule has 1 aliphatic carbocycles. The minimum atomic E-state index is 0.436. The Bertz CT molecular complexity index is 552. The summed E-state index contributed by atoms with van der Waals surface area (Å²) < 4.78 is 5.01. The van der Waals surface area contributed by atoms with E-state index in [9.17, 15) is 0 Å². The zero-order chi connectivity index (χ0) is 17.5. The van der Waals surface area contributed by atoms with Crippen molar-refractivity contribution in [2.45, 2.75) is 77.4 Å². The summed E-state index contributed by atoms with van der Waals surface area (Å²) in [5, 5.41) is 10.9. The molecule has 2 aliphatic rings. The van der Waals surface area contributed by atoms with Crippen LogP contribution in [-0.4, -0.2) is 52.7 Å². The summed E-state index contributed by atoms with van der Waals surface area (Å²) in [5.41, 5.74) is 0. The van der Waals surface area contributed by atoms with Crippen LogP contribution in [0, 0.1) is 6.92 Å². The van der Waals surface area contributed by atoms with E-state index in [0.29, 0.717) is 24.3 Å². The van der Waals surface area contributed by atoms with Gasteiger partial charge in [0.25, 0.3) is 0 Å². The van der Waals surface area contributed by atoms with Crippen LogP contribution in [0.2, 0.25) is 0 Å². The molecule has 1 atom stereocenters. The minimum absolute atomic E-state index is 0.436. The van der Waals surface area contributed by atoms with Crippen LogP contribution in [0.3, 0.4) is 0 Å². The molecular formula is C18H32N6O. The largest absolute Gasteiger partial charge is 0.357 e. The van der Waals surface area contributed by atoms with Gasteiger partial charge in [0.2, 0.25) is 5.89 Å². The minimum Gasteiger partial charge on any atom is -0.357 e. The van der Waals surface area contributed by atoms with Gasteiger partial charge in [-0.3, -0.25) is 4.90 Å². The first-order valence-electron chi connectivity index (χ1n) is 9.82. The quantitative estimate of drug-likeness (QED) is 0.627. The van der Waals surface area contributed by atoms with Crippen molar-refractivity contribution in [3.05, 3.63) is 11.7 Å². The molecule has 2 fully saturated rings. The van der Waals surface area contributed by atoms with Crippen molar-refractivity contribution in [3.8, 4) is 0 Å². The summed E-state index contributed by atoms with van der Waals surface area (Å²) in [4.78, 5) is 11.5. The zero-order valence-electron chi connectivity index (χ0n) is 15.6. The molecule has 1 saturated carbocycles. The standard InChI is InChI=1S/C18H32N6O/c1-3-19-18(20-12-17-21-14(2)25-23-17)22-15-8-7-11-24(13-15)16-9-5-4-6-10-16/h15-16H,3-13H2,1-2H3,(H2,19,20,22)/t15-/m0/s1. The van der Waals surface area contributed by atoms with E-state index >= 15 is 0 Å². The molecule has 7 nitrogen and oxygen atoms in total. The number of aliphatic imine (C=N–C) groups is 1. The molecule has 0 amide bonds. The third-order valence-corrected chi connectivity index (χ3v) is 5.18. The van der Waals surface area contributed by atoms with Crippen LogP contribution >= 0.6 is 0 Å². The molecule has 3 rings (SSSR count). The van der Waals surface area contributed by atoms with Gasteiger partial charge >= 0.3 is 0 Å². The highest BCUT2D eigenvalue weighted by Gasteiger charge is 2.27. The highest BCUT2D eigenvalue weighted by Crippen LogP contribution is 2.25. The van der Waals surface area contributed by atoms with E-state index in [2.05, 4.69) is 37.6 Å². The molecule has 140 valence electrons. The Hall–Kier alpha value is -1.63. The highest BCUT2D eigenvalue weighted by atomic mass is 16.5. The normalized spacial score (nSPS) is 23.6. The number of nitrogens with zero attached hydrogens (tertiary/aromatic N) is 4. The number of aryl methyl sites for hydroxylation is 1. The molecular weight excluding hydrogens is 316 g/mol. The summed E-state index contributed by atoms with van der Waals surface area (Å²) in [5.74, 6) is 2.06. The molecule has 0 radical (unpaired) electrons. The molecule has 0 unspecified atom stereocenters. The molecule has 2 heterocycles. The smallest absolute Gasteiger partial charge is 0.223 e. The Morgan fingerprint density at radius 1 is 1.24 bits per heavy atom. The van der Waals surface area contributed by atoms with Crippen LogP contribution in [0.5, 0.6) is 0 Å². The van der Waals surface area contributed by atoms with Gasteiger partial charge in [0.15, 0.2) is 11.8 Å². The fourth-order valence-electron chi connectivity index (χ4n) is 3.97. The van der Waals surface area contributed by atoms with Crippen LogP contribution in [0.4, 0.5) is 0 Å². The SMILES string of the molecule is CCNC(=NCc1noc(C)n1)N[C@H]1CCCN(C2CCCCC2)C1. The first-order valence-corrected chi connectivity index (χ1v) is 9.82. The molecule has 1 aliphatic heterocycles. The lowest BCUT2D eigenvalue weighted by Crippen LogP contribution is -2.53. The van der Waals surface area contributed by atoms with Crippen LogP contribution in [0.1, 0.15) is 63.6 Å². The third kappa shape index (κ3) is 5.42. The van der Waals surface area contributed by atoms with Gasteiger partial charge in [-0.2, -0.15) is 4.98 Å². The fourth-order valence-corrected chi connectivity index (χ4v) is 3.97. The second kappa shape index (κ2) is 9.17. The summed E-state index contributed by atoms with van der Waals surface area (Å²) in [6, 6.07) is 1.25. The van der Waals surface area contributed by atoms with Crippen molar-refractivity contribution < 1.29 is 4.52 Å². The molecule has 1 saturated heterocycles. The average molecular weight is 348 g/mol. The third-order valence-electron chi connectivity index (χ3n) is 5.18. The summed E-state index contributed by atoms with van der Waals surface area (Å²) in [7, 11) is 0. The van der Waals surface area contributed by atoms with Crippen LogP contribution in [0.15, 0.2) is 9.52 Å². The van der Waals surface area contributed by atoms with Gasteiger partial charge < -0.3 is 15.2 Å². The molecule has 7 heteroatoms. The summed E-state index contributed by atoms with van der Waals surface area (Å²) >= 11 is 0. The van der Waals surface area contributed by atoms with Gasteiger partial charge in [0.1, 0.15) is 6.54 Å². The lowest BCUT2D eigenvalue weighted by Gasteiger charge is -2.40. The predicted molar refractivity (Wildman–Crippen MR) is 98.5 cm³/mol. The molecule has 1 aromatic rings. The van der Waals surface area contributed by atoms with Crippen molar-refractivity contribution in [2.75, 3.05) is 19.6 Å². The second-order valence-electron chi connectivity index (χ2n) is 7.20. The summed E-state index contributed by atoms with van der Waals surface area (Å²) in [6.07, 6.45) is 9.42. The Labute approximate surface area is 150 Å². The molecule has 0 spiro atoms. The van der Waals surface area contributed by atoms with Crippen molar-refractivity contribution in [3.63, 3.8) is 0 Å². The Kier molecular flexibility index (Phi) is 6.67. The van der Waals surface area contributed by atoms with Crippen molar-refractivity contribution in [2.24, 2.45) is 4.99 Å². The Morgan fingerprint density at radius 2 is 2.08 bits per heavy atom. The maximum atomic E-state index is 5.01. The first-order chi connectivity index (χ1) is 12.2. The number of hydrogen-bond acceptors (Lipinski definition) is 5. The van der Waals surface area contributed by atoms with E-state index in [-0.39, 0.29) is 0 Å². The number of rotatable bonds is 5. The van der Waals surface area contributed by atoms with Crippen LogP contribution in [0.25, 0.3) is 0 Å². The summed E-state index contributed by atoms with van der Waals surface area (Å²) in [6.45, 7) is 7.54. The Morgan fingerprint density at radius 3 is 2.80 bits per heavy atom. The van der Waals surface area contributed by atoms with Gasteiger partial charge in [-0.25, -0.2) is 4.99 Å². The lowest BCUT2D eigenvalue weighted by atomic mass is 9.92. The Balaban J connectivity index is 1.55. The highest BCUT2D eigenvalue weighted by molar-refractivity contribution is 5.80. The van der Waals surface area contributed by atoms with Gasteiger partial charge in [-0.1, -0.05) is 24.4 Å². The maximum absolute atomic E-state index is 5.01. The fraction of sp³-hybridized carbons (Fsp3) is 0.833. The van der Waals surface area contributed by atoms with E-state index in [1.807, 2.05) is 0 Å². The molecule has 0 aromatic carbocycles. The van der Waals surface area contributed by atoms with Gasteiger partial charge in [-0.05, 0) is 39.2 Å². The van der Waals surface area contributed by atoms with Gasteiger partial charge in [0, 0.05) is 32.1 Å². The molecule has 2 N–H and O–H groups in total. The number of hydrogen-bond donors (Lipinski definition) is 2. The zero-order valence-corrected chi connectivity index (χ0v) is 15.6. The monoisotopic (exact) mass is 348 g/mol. The molecule has 0 bridgehead atoms. The predicted octanol–water partition coefficient (Wildman–Crippen LogP) is 2.23. The number of guanidine groups is 1. The van der Waals surface area contributed by atoms with Gasteiger partial charge in [-0.15, -0.1) is 0 Å². The average Bonchev–Trinajstić information content (AvgIpc) is 3.06. The van der Waals surface area contributed by atoms with Crippen molar-refractivity contribution in [1.82, 2.24) is 25.7 Å². The van der Waals surface area contributed by atoms with Crippen molar-refractivity contribution >= 4 is 5.96 Å². The number of nitrogens with one attached hydrogen (secondary N) is 2. The number of likely N-dealkylation sites (tertiary alicyclic amines) is 1. The van der Waals surface area contributed by atoms with E-state index in [1.54, 1.807) is 6.92 Å². The topological polar surface area (TPSA) is 78.6 Å².